The molecule has 0 radical (unpaired) electrons. The molecule has 1 heterocycles. The van der Waals surface area contributed by atoms with Crippen molar-refractivity contribution in [2.24, 2.45) is 0 Å². The molecule has 0 spiro atoms. The number of ether oxygens (including phenoxy) is 1. The van der Waals surface area contributed by atoms with Crippen LogP contribution in [0.5, 0.6) is 5.75 Å². The van der Waals surface area contributed by atoms with Gasteiger partial charge in [0.25, 0.3) is 5.91 Å². The van der Waals surface area contributed by atoms with E-state index in [2.05, 4.69) is 47.5 Å². The highest BCUT2D eigenvalue weighted by molar-refractivity contribution is 5.77. The predicted molar refractivity (Wildman–Crippen MR) is 109 cm³/mol. The first-order valence-corrected chi connectivity index (χ1v) is 9.79. The van der Waals surface area contributed by atoms with Crippen molar-refractivity contribution >= 4 is 5.91 Å². The zero-order valence-electron chi connectivity index (χ0n) is 16.7. The molecule has 1 fully saturated rings. The maximum Gasteiger partial charge on any atom is 0.258 e. The number of carbonyl (C=O) groups excluding carboxylic acids is 1. The molecule has 1 saturated heterocycles. The first-order chi connectivity index (χ1) is 13.0. The molecule has 2 aromatic carbocycles. The lowest BCUT2D eigenvalue weighted by Gasteiger charge is -2.18. The third-order valence-corrected chi connectivity index (χ3v) is 5.14. The summed E-state index contributed by atoms with van der Waals surface area (Å²) in [4.78, 5) is 14.8. The highest BCUT2D eigenvalue weighted by atomic mass is 16.5. The average Bonchev–Trinajstić information content (AvgIpc) is 3.13. The van der Waals surface area contributed by atoms with Crippen LogP contribution in [0.2, 0.25) is 0 Å². The first kappa shape index (κ1) is 19.4. The molecule has 0 aliphatic carbocycles. The van der Waals surface area contributed by atoms with Crippen molar-refractivity contribution in [3.05, 3.63) is 64.2 Å². The Labute approximate surface area is 162 Å². The smallest absolute Gasteiger partial charge is 0.258 e. The number of amides is 1. The summed E-state index contributed by atoms with van der Waals surface area (Å²) in [5.41, 5.74) is 5.82. The van der Waals surface area contributed by atoms with Gasteiger partial charge in [-0.05, 0) is 69.0 Å². The van der Waals surface area contributed by atoms with E-state index >= 15 is 0 Å². The van der Waals surface area contributed by atoms with Crippen molar-refractivity contribution in [1.29, 1.82) is 0 Å². The van der Waals surface area contributed by atoms with Crippen LogP contribution in [0.1, 0.15) is 40.7 Å². The third-order valence-electron chi connectivity index (χ3n) is 5.14. The number of benzene rings is 2. The fourth-order valence-electron chi connectivity index (χ4n) is 3.84. The minimum atomic E-state index is -0.0923. The predicted octanol–water partition coefficient (Wildman–Crippen LogP) is 3.90. The minimum Gasteiger partial charge on any atom is -0.483 e. The molecule has 144 valence electrons. The van der Waals surface area contributed by atoms with Crippen LogP contribution in [-0.4, -0.2) is 30.5 Å². The van der Waals surface area contributed by atoms with Gasteiger partial charge in [0.1, 0.15) is 5.75 Å². The number of carbonyl (C=O) groups is 1. The molecule has 0 bridgehead atoms. The Kier molecular flexibility index (Phi) is 6.51. The zero-order valence-corrected chi connectivity index (χ0v) is 16.7. The maximum atomic E-state index is 12.3. The maximum absolute atomic E-state index is 12.3. The minimum absolute atomic E-state index is 0.0407. The molecule has 1 amide bonds. The summed E-state index contributed by atoms with van der Waals surface area (Å²) < 4.78 is 5.79. The van der Waals surface area contributed by atoms with Gasteiger partial charge in [-0.2, -0.15) is 0 Å². The zero-order chi connectivity index (χ0) is 19.2. The van der Waals surface area contributed by atoms with Gasteiger partial charge in [-0.1, -0.05) is 42.0 Å². The Morgan fingerprint density at radius 3 is 2.33 bits per heavy atom. The highest BCUT2D eigenvalue weighted by Gasteiger charge is 2.14. The molecule has 4 nitrogen and oxygen atoms in total. The van der Waals surface area contributed by atoms with Crippen LogP contribution in [0, 0.1) is 20.8 Å². The summed E-state index contributed by atoms with van der Waals surface area (Å²) in [5.74, 6) is 0.718. The molecule has 4 heteroatoms. The van der Waals surface area contributed by atoms with Crippen molar-refractivity contribution < 1.29 is 9.53 Å². The second kappa shape index (κ2) is 9.05. The largest absolute Gasteiger partial charge is 0.483 e. The van der Waals surface area contributed by atoms with Crippen molar-refractivity contribution in [2.75, 3.05) is 19.7 Å². The number of hydrogen-bond acceptors (Lipinski definition) is 3. The molecule has 0 saturated carbocycles. The summed E-state index contributed by atoms with van der Waals surface area (Å²) in [7, 11) is 0. The molecule has 3 rings (SSSR count). The summed E-state index contributed by atoms with van der Waals surface area (Å²) in [6.45, 7) is 9.98. The fourth-order valence-corrected chi connectivity index (χ4v) is 3.84. The van der Waals surface area contributed by atoms with Crippen LogP contribution in [0.15, 0.2) is 36.4 Å². The van der Waals surface area contributed by atoms with E-state index in [1.807, 2.05) is 19.9 Å². The molecule has 0 aromatic heterocycles. The van der Waals surface area contributed by atoms with Gasteiger partial charge in [0.05, 0.1) is 0 Å². The average molecular weight is 367 g/mol. The summed E-state index contributed by atoms with van der Waals surface area (Å²) in [6, 6.07) is 12.5. The van der Waals surface area contributed by atoms with Gasteiger partial charge >= 0.3 is 0 Å². The third kappa shape index (κ3) is 5.33. The van der Waals surface area contributed by atoms with Gasteiger partial charge in [0.2, 0.25) is 0 Å². The second-order valence-electron chi connectivity index (χ2n) is 7.55. The van der Waals surface area contributed by atoms with Gasteiger partial charge < -0.3 is 10.1 Å². The summed E-state index contributed by atoms with van der Waals surface area (Å²) >= 11 is 0. The van der Waals surface area contributed by atoms with Crippen molar-refractivity contribution in [3.8, 4) is 5.75 Å². The molecule has 1 aliphatic rings. The topological polar surface area (TPSA) is 41.6 Å². The molecule has 0 unspecified atom stereocenters. The number of nitrogens with one attached hydrogen (secondary N) is 1. The normalized spacial score (nSPS) is 14.3. The number of rotatable bonds is 7. The molecule has 1 N–H and O–H groups in total. The molecule has 2 aromatic rings. The molecule has 27 heavy (non-hydrogen) atoms. The van der Waals surface area contributed by atoms with E-state index in [1.54, 1.807) is 0 Å². The summed E-state index contributed by atoms with van der Waals surface area (Å²) in [6.07, 6.45) is 2.57. The quantitative estimate of drug-likeness (QED) is 0.808. The Morgan fingerprint density at radius 1 is 1.04 bits per heavy atom. The number of nitrogens with zero attached hydrogens (tertiary/aromatic N) is 1. The van der Waals surface area contributed by atoms with Crippen LogP contribution in [0.3, 0.4) is 0 Å². The lowest BCUT2D eigenvalue weighted by atomic mass is 10.1. The SMILES string of the molecule is Cc1cc(C)c(OCC(=O)NCc2ccccc2CN2CCCC2)c(C)c1. The van der Waals surface area contributed by atoms with Gasteiger partial charge in [-0.3, -0.25) is 9.69 Å². The monoisotopic (exact) mass is 366 g/mol. The first-order valence-electron chi connectivity index (χ1n) is 9.79. The van der Waals surface area contributed by atoms with Gasteiger partial charge in [-0.15, -0.1) is 0 Å². The number of aryl methyl sites for hydroxylation is 3. The van der Waals surface area contributed by atoms with Crippen LogP contribution < -0.4 is 10.1 Å². The molecular weight excluding hydrogens is 336 g/mol. The van der Waals surface area contributed by atoms with Crippen LogP contribution in [0.25, 0.3) is 0 Å². The van der Waals surface area contributed by atoms with Gasteiger partial charge in [0, 0.05) is 13.1 Å². The van der Waals surface area contributed by atoms with Crippen LogP contribution in [-0.2, 0) is 17.9 Å². The Bertz CT molecular complexity index is 772. The molecular formula is C23H30N2O2. The van der Waals surface area contributed by atoms with Crippen molar-refractivity contribution in [1.82, 2.24) is 10.2 Å². The molecule has 0 atom stereocenters. The van der Waals surface area contributed by atoms with E-state index in [0.717, 1.165) is 23.4 Å². The second-order valence-corrected chi connectivity index (χ2v) is 7.55. The Balaban J connectivity index is 1.54. The molecule has 1 aliphatic heterocycles. The van der Waals surface area contributed by atoms with E-state index in [-0.39, 0.29) is 12.5 Å². The standard InChI is InChI=1S/C23H30N2O2/c1-17-12-18(2)23(19(3)13-17)27-16-22(26)24-14-20-8-4-5-9-21(20)15-25-10-6-7-11-25/h4-5,8-9,12-13H,6-7,10-11,14-16H2,1-3H3,(H,24,26). The van der Waals surface area contributed by atoms with Gasteiger partial charge in [0.15, 0.2) is 6.61 Å². The fraction of sp³-hybridized carbons (Fsp3) is 0.435. The van der Waals surface area contributed by atoms with Crippen molar-refractivity contribution in [2.45, 2.75) is 46.7 Å². The van der Waals surface area contributed by atoms with Gasteiger partial charge in [-0.25, -0.2) is 0 Å². The highest BCUT2D eigenvalue weighted by Crippen LogP contribution is 2.24. The van der Waals surface area contributed by atoms with E-state index in [1.165, 1.54) is 42.6 Å². The van der Waals surface area contributed by atoms with Crippen LogP contribution in [0.4, 0.5) is 0 Å². The van der Waals surface area contributed by atoms with Crippen molar-refractivity contribution in [3.63, 3.8) is 0 Å². The van der Waals surface area contributed by atoms with E-state index < -0.39 is 0 Å². The van der Waals surface area contributed by atoms with Crippen LogP contribution >= 0.6 is 0 Å². The Hall–Kier alpha value is -2.33. The lowest BCUT2D eigenvalue weighted by molar-refractivity contribution is -0.123. The number of hydrogen-bond donors (Lipinski definition) is 1. The van der Waals surface area contributed by atoms with E-state index in [4.69, 9.17) is 4.74 Å². The number of likely N-dealkylation sites (tertiary alicyclic amines) is 1. The Morgan fingerprint density at radius 2 is 1.67 bits per heavy atom. The lowest BCUT2D eigenvalue weighted by Crippen LogP contribution is -2.29. The van der Waals surface area contributed by atoms with E-state index in [0.29, 0.717) is 6.54 Å². The summed E-state index contributed by atoms with van der Waals surface area (Å²) in [5, 5.41) is 3.00. The van der Waals surface area contributed by atoms with E-state index in [9.17, 15) is 4.79 Å².